The van der Waals surface area contributed by atoms with Crippen molar-refractivity contribution in [3.63, 3.8) is 0 Å². The van der Waals surface area contributed by atoms with E-state index in [1.165, 1.54) is 22.3 Å². The summed E-state index contributed by atoms with van der Waals surface area (Å²) in [4.78, 5) is 68.7. The van der Waals surface area contributed by atoms with Gasteiger partial charge in [0.15, 0.2) is 0 Å². The number of ketones is 1. The van der Waals surface area contributed by atoms with Crippen LogP contribution in [0.1, 0.15) is 74.1 Å². The SMILES string of the molecule is C=CCNC(=O)C(=O)C(NC(=O)[C@@H]1[C@@H]2[C@H](CN1C(=O)[C@@H](NC(=O)N[C@H](CN(C)S(=O)(=O)C1CC1)C(C)C)C(C)(C)C)C2(C)C)C1CC1. The lowest BCUT2D eigenvalue weighted by atomic mass is 9.85. The van der Waals surface area contributed by atoms with Crippen molar-refractivity contribution in [1.82, 2.24) is 30.5 Å². The van der Waals surface area contributed by atoms with Gasteiger partial charge in [-0.2, -0.15) is 0 Å². The van der Waals surface area contributed by atoms with Crippen LogP contribution in [0.2, 0.25) is 0 Å². The molecule has 1 heterocycles. The highest BCUT2D eigenvalue weighted by atomic mass is 32.2. The smallest absolute Gasteiger partial charge is 0.315 e. The minimum absolute atomic E-state index is 0.0666. The van der Waals surface area contributed by atoms with Crippen LogP contribution in [-0.2, 0) is 29.2 Å². The van der Waals surface area contributed by atoms with E-state index >= 15 is 0 Å². The maximum absolute atomic E-state index is 14.3. The maximum atomic E-state index is 14.3. The van der Waals surface area contributed by atoms with Crippen LogP contribution >= 0.6 is 0 Å². The summed E-state index contributed by atoms with van der Waals surface area (Å²) in [5.41, 5.74) is -0.939. The number of sulfonamides is 1. The fourth-order valence-electron chi connectivity index (χ4n) is 6.85. The predicted octanol–water partition coefficient (Wildman–Crippen LogP) is 1.40. The molecule has 1 unspecified atom stereocenters. The third-order valence-corrected chi connectivity index (χ3v) is 12.7. The molecule has 5 amide bonds. The fourth-order valence-corrected chi connectivity index (χ4v) is 8.46. The second-order valence-electron chi connectivity index (χ2n) is 15.9. The van der Waals surface area contributed by atoms with Crippen LogP contribution in [-0.4, -0.2) is 103 Å². The number of likely N-dealkylation sites (tertiary alicyclic amines) is 1. The highest BCUT2D eigenvalue weighted by molar-refractivity contribution is 7.90. The molecule has 14 heteroatoms. The van der Waals surface area contributed by atoms with Crippen LogP contribution in [0.5, 0.6) is 0 Å². The highest BCUT2D eigenvalue weighted by Crippen LogP contribution is 2.65. The second-order valence-corrected chi connectivity index (χ2v) is 18.2. The van der Waals surface area contributed by atoms with Crippen LogP contribution < -0.4 is 21.3 Å². The minimum Gasteiger partial charge on any atom is -0.346 e. The number of nitrogens with zero attached hydrogens (tertiary/aromatic N) is 2. The predicted molar refractivity (Wildman–Crippen MR) is 177 cm³/mol. The molecule has 4 rings (SSSR count). The number of fused-ring (bicyclic) bond motifs is 1. The normalized spacial score (nSPS) is 25.3. The molecule has 1 saturated heterocycles. The molecule has 0 radical (unpaired) electrons. The van der Waals surface area contributed by atoms with Gasteiger partial charge in [-0.3, -0.25) is 19.2 Å². The van der Waals surface area contributed by atoms with Gasteiger partial charge in [0, 0.05) is 32.7 Å². The number of nitrogens with one attached hydrogen (secondary N) is 4. The monoisotopic (exact) mass is 678 g/mol. The molecule has 13 nitrogen and oxygen atoms in total. The number of carbonyl (C=O) groups is 5. The first-order valence-corrected chi connectivity index (χ1v) is 18.3. The van der Waals surface area contributed by atoms with E-state index in [1.54, 1.807) is 0 Å². The van der Waals surface area contributed by atoms with E-state index in [9.17, 15) is 32.4 Å². The number of piperidine rings is 1. The Labute approximate surface area is 279 Å². The maximum Gasteiger partial charge on any atom is 0.315 e. The topological polar surface area (TPSA) is 174 Å². The average Bonchev–Trinajstić information content (AvgIpc) is 3.91. The lowest BCUT2D eigenvalue weighted by molar-refractivity contribution is -0.145. The van der Waals surface area contributed by atoms with Gasteiger partial charge in [0.05, 0.1) is 5.25 Å². The molecule has 3 saturated carbocycles. The summed E-state index contributed by atoms with van der Waals surface area (Å²) in [6.07, 6.45) is 4.16. The van der Waals surface area contributed by atoms with Crippen LogP contribution in [0.25, 0.3) is 0 Å². The number of carbonyl (C=O) groups excluding carboxylic acids is 5. The quantitative estimate of drug-likeness (QED) is 0.150. The zero-order chi connectivity index (χ0) is 35.2. The Morgan fingerprint density at radius 2 is 1.64 bits per heavy atom. The van der Waals surface area contributed by atoms with Crippen molar-refractivity contribution in [3.05, 3.63) is 12.7 Å². The third-order valence-electron chi connectivity index (χ3n) is 10.4. The molecule has 47 heavy (non-hydrogen) atoms. The number of likely N-dealkylation sites (N-methyl/N-ethyl adjacent to an activating group) is 1. The van der Waals surface area contributed by atoms with Crippen molar-refractivity contribution in [2.75, 3.05) is 26.7 Å². The minimum atomic E-state index is -3.44. The lowest BCUT2D eigenvalue weighted by Gasteiger charge is -2.38. The molecule has 0 spiro atoms. The van der Waals surface area contributed by atoms with Gasteiger partial charge < -0.3 is 26.2 Å². The molecule has 4 aliphatic rings. The van der Waals surface area contributed by atoms with Crippen LogP contribution in [0, 0.1) is 34.5 Å². The first-order valence-electron chi connectivity index (χ1n) is 16.8. The first kappa shape index (κ1) is 36.8. The van der Waals surface area contributed by atoms with Crippen LogP contribution in [0.4, 0.5) is 4.79 Å². The van der Waals surface area contributed by atoms with Crippen molar-refractivity contribution in [2.24, 2.45) is 34.5 Å². The Kier molecular flexibility index (Phi) is 10.6. The standard InChI is InChI=1S/C33H54N6O7S/c1-10-15-34-29(42)26(40)24(19-11-12-19)36-28(41)25-23-21(33(23,7)8)16-39(25)30(43)27(32(4,5)6)37-31(44)35-22(18(2)3)17-38(9)47(45,46)20-13-14-20/h10,18-25,27H,1,11-17H2,2-9H3,(H,34,42)(H,36,41)(H2,35,37,44)/t21-,22+,23-,24?,25-,27+/m0/s1. The molecule has 1 aliphatic heterocycles. The number of amides is 5. The van der Waals surface area contributed by atoms with Gasteiger partial charge in [-0.1, -0.05) is 54.5 Å². The van der Waals surface area contributed by atoms with E-state index in [1.807, 2.05) is 34.6 Å². The molecule has 264 valence electrons. The van der Waals surface area contributed by atoms with Crippen molar-refractivity contribution in [2.45, 2.75) is 104 Å². The van der Waals surface area contributed by atoms with Gasteiger partial charge in [0.1, 0.15) is 18.1 Å². The number of Topliss-reactive ketones (excluding diaryl/α,β-unsaturated/α-hetero) is 1. The van der Waals surface area contributed by atoms with E-state index in [2.05, 4.69) is 41.7 Å². The van der Waals surface area contributed by atoms with Gasteiger partial charge in [-0.05, 0) is 60.2 Å². The Bertz CT molecular complexity index is 1380. The first-order chi connectivity index (χ1) is 21.7. The van der Waals surface area contributed by atoms with E-state index in [0.29, 0.717) is 32.2 Å². The lowest BCUT2D eigenvalue weighted by Crippen LogP contribution is -2.62. The molecule has 0 aromatic rings. The molecule has 4 N–H and O–H groups in total. The summed E-state index contributed by atoms with van der Waals surface area (Å²) in [5.74, 6) is -2.70. The Morgan fingerprint density at radius 3 is 2.15 bits per heavy atom. The van der Waals surface area contributed by atoms with E-state index in [4.69, 9.17) is 0 Å². The molecular formula is C33H54N6O7S. The number of rotatable bonds is 15. The van der Waals surface area contributed by atoms with Crippen molar-refractivity contribution in [1.29, 1.82) is 0 Å². The van der Waals surface area contributed by atoms with E-state index in [0.717, 1.165) is 0 Å². The summed E-state index contributed by atoms with van der Waals surface area (Å²) in [5, 5.41) is 10.7. The molecule has 0 bridgehead atoms. The van der Waals surface area contributed by atoms with Crippen LogP contribution in [0.3, 0.4) is 0 Å². The molecule has 4 fully saturated rings. The average molecular weight is 679 g/mol. The third kappa shape index (κ3) is 8.01. The van der Waals surface area contributed by atoms with E-state index in [-0.39, 0.29) is 47.4 Å². The molecule has 3 aliphatic carbocycles. The molecule has 0 aromatic heterocycles. The zero-order valence-electron chi connectivity index (χ0n) is 29.1. The number of hydrogen-bond donors (Lipinski definition) is 4. The summed E-state index contributed by atoms with van der Waals surface area (Å²) < 4.78 is 26.8. The summed E-state index contributed by atoms with van der Waals surface area (Å²) in [6, 6.07) is -3.98. The molecule has 6 atom stereocenters. The Morgan fingerprint density at radius 1 is 1.02 bits per heavy atom. The summed E-state index contributed by atoms with van der Waals surface area (Å²) in [7, 11) is -1.92. The van der Waals surface area contributed by atoms with Crippen LogP contribution in [0.15, 0.2) is 12.7 Å². The Hall–Kier alpha value is -3.00. The van der Waals surface area contributed by atoms with Gasteiger partial charge in [-0.15, -0.1) is 6.58 Å². The van der Waals surface area contributed by atoms with Gasteiger partial charge in [0.25, 0.3) is 5.91 Å². The molecular weight excluding hydrogens is 624 g/mol. The number of urea groups is 1. The van der Waals surface area contributed by atoms with Gasteiger partial charge in [0.2, 0.25) is 27.6 Å². The van der Waals surface area contributed by atoms with Crippen molar-refractivity contribution < 1.29 is 32.4 Å². The van der Waals surface area contributed by atoms with Crippen molar-refractivity contribution in [3.8, 4) is 0 Å². The second kappa shape index (κ2) is 13.5. The van der Waals surface area contributed by atoms with E-state index < -0.39 is 69.1 Å². The van der Waals surface area contributed by atoms with Gasteiger partial charge >= 0.3 is 6.03 Å². The fraction of sp³-hybridized carbons (Fsp3) is 0.788. The molecule has 0 aromatic carbocycles. The highest BCUT2D eigenvalue weighted by Gasteiger charge is 2.70. The zero-order valence-corrected chi connectivity index (χ0v) is 29.9. The summed E-state index contributed by atoms with van der Waals surface area (Å²) in [6.45, 7) is 17.4. The Balaban J connectivity index is 1.49. The van der Waals surface area contributed by atoms with Crippen molar-refractivity contribution >= 4 is 39.6 Å². The van der Waals surface area contributed by atoms with Gasteiger partial charge in [-0.25, -0.2) is 17.5 Å². The number of hydrogen-bond acceptors (Lipinski definition) is 7. The largest absolute Gasteiger partial charge is 0.346 e. The summed E-state index contributed by atoms with van der Waals surface area (Å²) >= 11 is 0.